The number of hydrogen-bond acceptors (Lipinski definition) is 6. The number of anilines is 1. The first-order chi connectivity index (χ1) is 17.0. The minimum atomic E-state index is -0.680. The molecular formula is C26H19N5O4. The highest BCUT2D eigenvalue weighted by atomic mass is 16.6. The summed E-state index contributed by atoms with van der Waals surface area (Å²) >= 11 is 0. The number of rotatable bonds is 7. The lowest BCUT2D eigenvalue weighted by Gasteiger charge is -2.09. The van der Waals surface area contributed by atoms with E-state index in [1.54, 1.807) is 6.21 Å². The zero-order chi connectivity index (χ0) is 24.4. The fourth-order valence-corrected chi connectivity index (χ4v) is 4.17. The summed E-state index contributed by atoms with van der Waals surface area (Å²) in [5.74, 6) is 0. The van der Waals surface area contributed by atoms with Crippen molar-refractivity contribution in [3.63, 3.8) is 0 Å². The molecule has 0 amide bonds. The van der Waals surface area contributed by atoms with E-state index < -0.39 is 15.5 Å². The second-order valence-corrected chi connectivity index (χ2v) is 7.95. The van der Waals surface area contributed by atoms with Crippen molar-refractivity contribution in [2.75, 3.05) is 5.43 Å². The van der Waals surface area contributed by atoms with E-state index in [4.69, 9.17) is 0 Å². The van der Waals surface area contributed by atoms with Crippen molar-refractivity contribution in [1.29, 1.82) is 0 Å². The molecule has 0 aliphatic heterocycles. The summed E-state index contributed by atoms with van der Waals surface area (Å²) in [4.78, 5) is 21.0. The Hall–Kier alpha value is -5.05. The van der Waals surface area contributed by atoms with Crippen molar-refractivity contribution in [2.45, 2.75) is 6.54 Å². The first-order valence-corrected chi connectivity index (χ1v) is 10.8. The molecule has 5 rings (SSSR count). The van der Waals surface area contributed by atoms with Gasteiger partial charge in [0.05, 0.1) is 22.1 Å². The zero-order valence-electron chi connectivity index (χ0n) is 18.4. The van der Waals surface area contributed by atoms with Crippen molar-refractivity contribution >= 4 is 45.0 Å². The first-order valence-electron chi connectivity index (χ1n) is 10.8. The van der Waals surface area contributed by atoms with Gasteiger partial charge >= 0.3 is 5.69 Å². The molecule has 0 spiro atoms. The Bertz CT molecular complexity index is 1620. The molecule has 0 aliphatic carbocycles. The van der Waals surface area contributed by atoms with Gasteiger partial charge in [-0.25, -0.2) is 0 Å². The molecule has 4 aromatic carbocycles. The van der Waals surface area contributed by atoms with Crippen LogP contribution in [0.25, 0.3) is 21.7 Å². The van der Waals surface area contributed by atoms with Crippen LogP contribution in [0.1, 0.15) is 11.1 Å². The van der Waals surface area contributed by atoms with Gasteiger partial charge in [0.15, 0.2) is 0 Å². The highest BCUT2D eigenvalue weighted by molar-refractivity contribution is 5.99. The zero-order valence-corrected chi connectivity index (χ0v) is 18.4. The molecule has 1 N–H and O–H groups in total. The van der Waals surface area contributed by atoms with Gasteiger partial charge in [-0.05, 0) is 28.5 Å². The Kier molecular flexibility index (Phi) is 5.64. The summed E-state index contributed by atoms with van der Waals surface area (Å²) in [6.45, 7) is 0.664. The molecule has 0 saturated heterocycles. The van der Waals surface area contributed by atoms with Gasteiger partial charge < -0.3 is 4.57 Å². The first kappa shape index (κ1) is 21.8. The molecule has 9 nitrogen and oxygen atoms in total. The highest BCUT2D eigenvalue weighted by Crippen LogP contribution is 2.29. The van der Waals surface area contributed by atoms with Crippen LogP contribution in [0.2, 0.25) is 0 Å². The molecule has 1 heterocycles. The third-order valence-electron chi connectivity index (χ3n) is 5.82. The van der Waals surface area contributed by atoms with Gasteiger partial charge in [-0.15, -0.1) is 0 Å². The van der Waals surface area contributed by atoms with Gasteiger partial charge in [-0.2, -0.15) is 5.10 Å². The van der Waals surface area contributed by atoms with Crippen LogP contribution < -0.4 is 5.43 Å². The quantitative estimate of drug-likeness (QED) is 0.177. The lowest BCUT2D eigenvalue weighted by atomic mass is 10.0. The van der Waals surface area contributed by atoms with Gasteiger partial charge in [0.1, 0.15) is 5.69 Å². The van der Waals surface area contributed by atoms with Crippen LogP contribution in [0.15, 0.2) is 96.2 Å². The van der Waals surface area contributed by atoms with Gasteiger partial charge in [0.2, 0.25) is 0 Å². The second-order valence-electron chi connectivity index (χ2n) is 7.95. The van der Waals surface area contributed by atoms with Crippen LogP contribution in [0.4, 0.5) is 17.1 Å². The van der Waals surface area contributed by atoms with E-state index >= 15 is 0 Å². The number of benzene rings is 4. The molecule has 0 atom stereocenters. The molecule has 172 valence electrons. The van der Waals surface area contributed by atoms with E-state index in [1.165, 1.54) is 28.5 Å². The fourth-order valence-electron chi connectivity index (χ4n) is 4.17. The summed E-state index contributed by atoms with van der Waals surface area (Å²) in [7, 11) is 0. The van der Waals surface area contributed by atoms with Crippen molar-refractivity contribution in [3.8, 4) is 0 Å². The topological polar surface area (TPSA) is 116 Å². The average Bonchev–Trinajstić information content (AvgIpc) is 3.21. The van der Waals surface area contributed by atoms with E-state index in [2.05, 4.69) is 39.4 Å². The number of para-hydroxylation sites is 1. The van der Waals surface area contributed by atoms with Crippen LogP contribution in [-0.4, -0.2) is 20.6 Å². The maximum Gasteiger partial charge on any atom is 0.301 e. The Morgan fingerprint density at radius 1 is 0.857 bits per heavy atom. The van der Waals surface area contributed by atoms with Crippen LogP contribution >= 0.6 is 0 Å². The van der Waals surface area contributed by atoms with Crippen LogP contribution in [0, 0.1) is 20.2 Å². The summed E-state index contributed by atoms with van der Waals surface area (Å²) < 4.78 is 2.15. The summed E-state index contributed by atoms with van der Waals surface area (Å²) in [5.41, 5.74) is 4.99. The SMILES string of the molecule is O=[N+]([O-])c1ccc(N/N=C/c2cn(Cc3cccc4ccccc34)c3ccccc23)c([N+](=O)[O-])c1. The number of nitro benzene ring substituents is 2. The largest absolute Gasteiger partial charge is 0.342 e. The van der Waals surface area contributed by atoms with Crippen molar-refractivity contribution in [1.82, 2.24) is 4.57 Å². The van der Waals surface area contributed by atoms with Gasteiger partial charge in [0.25, 0.3) is 5.69 Å². The Morgan fingerprint density at radius 2 is 1.60 bits per heavy atom. The number of aromatic nitrogens is 1. The van der Waals surface area contributed by atoms with E-state index in [0.29, 0.717) is 6.54 Å². The van der Waals surface area contributed by atoms with Gasteiger partial charge in [-0.3, -0.25) is 25.7 Å². The highest BCUT2D eigenvalue weighted by Gasteiger charge is 2.19. The number of fused-ring (bicyclic) bond motifs is 2. The van der Waals surface area contributed by atoms with E-state index in [0.717, 1.165) is 22.5 Å². The number of nitro groups is 2. The van der Waals surface area contributed by atoms with Crippen LogP contribution in [0.5, 0.6) is 0 Å². The van der Waals surface area contributed by atoms with Gasteiger partial charge in [0, 0.05) is 35.3 Å². The number of hydrogen-bond donors (Lipinski definition) is 1. The molecule has 0 aliphatic rings. The van der Waals surface area contributed by atoms with Crippen molar-refractivity contribution in [2.24, 2.45) is 5.10 Å². The minimum Gasteiger partial charge on any atom is -0.342 e. The molecule has 9 heteroatoms. The second kappa shape index (κ2) is 9.06. The van der Waals surface area contributed by atoms with E-state index in [1.807, 2.05) is 48.7 Å². The van der Waals surface area contributed by atoms with Crippen molar-refractivity contribution in [3.05, 3.63) is 122 Å². The molecule has 0 radical (unpaired) electrons. The number of hydrazone groups is 1. The Morgan fingerprint density at radius 3 is 2.40 bits per heavy atom. The molecule has 0 fully saturated rings. The molecule has 0 unspecified atom stereocenters. The predicted molar refractivity (Wildman–Crippen MR) is 136 cm³/mol. The maximum absolute atomic E-state index is 11.4. The number of non-ortho nitro benzene ring substituents is 1. The van der Waals surface area contributed by atoms with Crippen LogP contribution in [0.3, 0.4) is 0 Å². The minimum absolute atomic E-state index is 0.0661. The lowest BCUT2D eigenvalue weighted by molar-refractivity contribution is -0.393. The Labute approximate surface area is 199 Å². The maximum atomic E-state index is 11.4. The fraction of sp³-hybridized carbons (Fsp3) is 0.0385. The normalized spacial score (nSPS) is 11.3. The average molecular weight is 465 g/mol. The molecule has 35 heavy (non-hydrogen) atoms. The summed E-state index contributed by atoms with van der Waals surface area (Å²) in [6.07, 6.45) is 3.58. The molecule has 0 bridgehead atoms. The number of nitrogens with zero attached hydrogens (tertiary/aromatic N) is 4. The van der Waals surface area contributed by atoms with Crippen molar-refractivity contribution < 1.29 is 9.85 Å². The molecule has 1 aromatic heterocycles. The van der Waals surface area contributed by atoms with Gasteiger partial charge in [-0.1, -0.05) is 60.7 Å². The van der Waals surface area contributed by atoms with E-state index in [9.17, 15) is 20.2 Å². The standard InChI is InChI=1S/C26H19N5O4/c32-30(33)21-12-13-24(26(14-21)31(34)35)28-27-15-20-17-29(25-11-4-3-10-23(20)25)16-19-8-5-7-18-6-1-2-9-22(18)19/h1-15,17,28H,16H2/b27-15+. The summed E-state index contributed by atoms with van der Waals surface area (Å²) in [6, 6.07) is 25.8. The molecular weight excluding hydrogens is 446 g/mol. The predicted octanol–water partition coefficient (Wildman–Crippen LogP) is 6.11. The molecule has 5 aromatic rings. The third kappa shape index (κ3) is 4.30. The summed E-state index contributed by atoms with van der Waals surface area (Å²) in [5, 5.41) is 29.8. The Balaban J connectivity index is 1.46. The smallest absolute Gasteiger partial charge is 0.301 e. The number of nitrogens with one attached hydrogen (secondary N) is 1. The van der Waals surface area contributed by atoms with Crippen LogP contribution in [-0.2, 0) is 6.54 Å². The lowest BCUT2D eigenvalue weighted by Crippen LogP contribution is -1.99. The third-order valence-corrected chi connectivity index (χ3v) is 5.82. The monoisotopic (exact) mass is 465 g/mol. The van der Waals surface area contributed by atoms with E-state index in [-0.39, 0.29) is 11.4 Å². The molecule has 0 saturated carbocycles.